The molecule has 0 fully saturated rings. The molecule has 1 aromatic heterocycles. The van der Waals surface area contributed by atoms with Crippen LogP contribution in [-0.4, -0.2) is 36.9 Å². The summed E-state index contributed by atoms with van der Waals surface area (Å²) >= 11 is 0. The molecule has 0 aliphatic carbocycles. The second kappa shape index (κ2) is 14.2. The summed E-state index contributed by atoms with van der Waals surface area (Å²) in [5, 5.41) is 3.82. The smallest absolute Gasteiger partial charge is 0.264 e. The number of fused-ring (bicyclic) bond motifs is 1. The standard InChI is InChI=1S/C37H38N4O5S/c1-3-4-21-41-35(34(28-11-7-5-8-12-28)39-36(41)29-13-9-6-10-14-29)31(22-27-17-20-32-33(23-27)46-25-45-32)38-24-26-15-18-30(19-16-26)37(42)40-47(2,43)44/h5-20,23,31,38H,3-4,21-22,24-25H2,1-2H3,(H,40,42). The highest BCUT2D eigenvalue weighted by molar-refractivity contribution is 7.89. The molecule has 47 heavy (non-hydrogen) atoms. The van der Waals surface area contributed by atoms with Crippen molar-refractivity contribution in [2.75, 3.05) is 13.0 Å². The molecule has 1 atom stereocenters. The van der Waals surface area contributed by atoms with E-state index in [1.54, 1.807) is 12.1 Å². The lowest BCUT2D eigenvalue weighted by Gasteiger charge is -2.24. The average molecular weight is 651 g/mol. The lowest BCUT2D eigenvalue weighted by molar-refractivity contribution is 0.0981. The van der Waals surface area contributed by atoms with Crippen molar-refractivity contribution in [3.63, 3.8) is 0 Å². The van der Waals surface area contributed by atoms with Gasteiger partial charge in [-0.1, -0.05) is 92.2 Å². The van der Waals surface area contributed by atoms with Crippen LogP contribution in [0.25, 0.3) is 22.6 Å². The summed E-state index contributed by atoms with van der Waals surface area (Å²) in [4.78, 5) is 17.7. The minimum absolute atomic E-state index is 0.166. The van der Waals surface area contributed by atoms with Crippen LogP contribution in [0.15, 0.2) is 103 Å². The molecule has 2 N–H and O–H groups in total. The minimum Gasteiger partial charge on any atom is -0.454 e. The number of rotatable bonds is 13. The van der Waals surface area contributed by atoms with Gasteiger partial charge < -0.3 is 19.4 Å². The molecule has 5 aromatic rings. The Hall–Kier alpha value is -4.93. The first kappa shape index (κ1) is 32.0. The molecule has 0 spiro atoms. The summed E-state index contributed by atoms with van der Waals surface area (Å²) in [6.07, 6.45) is 3.64. The number of amides is 1. The Labute approximate surface area is 275 Å². The van der Waals surface area contributed by atoms with Gasteiger partial charge in [0.1, 0.15) is 5.82 Å². The van der Waals surface area contributed by atoms with Gasteiger partial charge in [-0.3, -0.25) is 4.79 Å². The summed E-state index contributed by atoms with van der Waals surface area (Å²) in [5.41, 5.74) is 6.40. The van der Waals surface area contributed by atoms with E-state index in [-0.39, 0.29) is 18.4 Å². The number of hydrogen-bond donors (Lipinski definition) is 2. The highest BCUT2D eigenvalue weighted by Gasteiger charge is 2.27. The predicted octanol–water partition coefficient (Wildman–Crippen LogP) is 6.51. The molecule has 0 bridgehead atoms. The summed E-state index contributed by atoms with van der Waals surface area (Å²) in [6, 6.07) is 33.4. The van der Waals surface area contributed by atoms with Gasteiger partial charge in [-0.15, -0.1) is 0 Å². The number of aromatic nitrogens is 2. The third-order valence-corrected chi connectivity index (χ3v) is 8.63. The molecule has 1 aliphatic rings. The van der Waals surface area contributed by atoms with Crippen molar-refractivity contribution >= 4 is 15.9 Å². The third-order valence-electron chi connectivity index (χ3n) is 8.07. The van der Waals surface area contributed by atoms with Gasteiger partial charge in [0.15, 0.2) is 11.5 Å². The number of nitrogens with zero attached hydrogens (tertiary/aromatic N) is 2. The van der Waals surface area contributed by atoms with Crippen LogP contribution >= 0.6 is 0 Å². The maximum absolute atomic E-state index is 12.4. The van der Waals surface area contributed by atoms with E-state index in [1.165, 1.54) is 0 Å². The second-order valence-electron chi connectivity index (χ2n) is 11.6. The number of nitrogens with one attached hydrogen (secondary N) is 2. The molecular weight excluding hydrogens is 612 g/mol. The zero-order valence-electron chi connectivity index (χ0n) is 26.5. The maximum atomic E-state index is 12.4. The van der Waals surface area contributed by atoms with Gasteiger partial charge in [-0.05, 0) is 48.2 Å². The van der Waals surface area contributed by atoms with Crippen molar-refractivity contribution in [1.82, 2.24) is 19.6 Å². The number of unbranched alkanes of at least 4 members (excludes halogenated alkanes) is 1. The second-order valence-corrected chi connectivity index (χ2v) is 13.4. The van der Waals surface area contributed by atoms with E-state index in [0.717, 1.165) is 76.6 Å². The lowest BCUT2D eigenvalue weighted by Crippen LogP contribution is -2.29. The molecule has 0 radical (unpaired) electrons. The van der Waals surface area contributed by atoms with Gasteiger partial charge in [0.05, 0.1) is 23.7 Å². The molecule has 9 nitrogen and oxygen atoms in total. The Bertz CT molecular complexity index is 1940. The van der Waals surface area contributed by atoms with Crippen molar-refractivity contribution in [3.8, 4) is 34.1 Å². The molecule has 4 aromatic carbocycles. The number of benzene rings is 4. The first-order chi connectivity index (χ1) is 22.8. The topological polar surface area (TPSA) is 112 Å². The van der Waals surface area contributed by atoms with Crippen molar-refractivity contribution in [2.24, 2.45) is 0 Å². The Morgan fingerprint density at radius 3 is 2.21 bits per heavy atom. The molecule has 1 unspecified atom stereocenters. The number of imidazole rings is 1. The zero-order chi connectivity index (χ0) is 32.8. The predicted molar refractivity (Wildman–Crippen MR) is 183 cm³/mol. The van der Waals surface area contributed by atoms with Crippen molar-refractivity contribution in [3.05, 3.63) is 126 Å². The van der Waals surface area contributed by atoms with Gasteiger partial charge in [0, 0.05) is 29.8 Å². The van der Waals surface area contributed by atoms with Gasteiger partial charge in [-0.2, -0.15) is 0 Å². The number of ether oxygens (including phenoxy) is 2. The van der Waals surface area contributed by atoms with Crippen molar-refractivity contribution in [1.29, 1.82) is 0 Å². The van der Waals surface area contributed by atoms with Crippen LogP contribution in [0, 0.1) is 0 Å². The molecule has 1 aliphatic heterocycles. The highest BCUT2D eigenvalue weighted by atomic mass is 32.2. The summed E-state index contributed by atoms with van der Waals surface area (Å²) in [7, 11) is -3.66. The van der Waals surface area contributed by atoms with E-state index in [4.69, 9.17) is 14.5 Å². The molecular formula is C37H38N4O5S. The molecule has 6 rings (SSSR count). The SMILES string of the molecule is CCCCn1c(-c2ccccc2)nc(-c2ccccc2)c1C(Cc1ccc2c(c1)OCO2)NCc1ccc(C(=O)NS(C)(=O)=O)cc1. The molecule has 0 saturated heterocycles. The fraction of sp³-hybridized carbons (Fsp3) is 0.243. The van der Waals surface area contributed by atoms with E-state index in [1.807, 2.05) is 65.4 Å². The highest BCUT2D eigenvalue weighted by Crippen LogP contribution is 2.37. The Morgan fingerprint density at radius 2 is 1.53 bits per heavy atom. The van der Waals surface area contributed by atoms with E-state index >= 15 is 0 Å². The fourth-order valence-electron chi connectivity index (χ4n) is 5.79. The first-order valence-electron chi connectivity index (χ1n) is 15.7. The van der Waals surface area contributed by atoms with Crippen molar-refractivity contribution in [2.45, 2.75) is 45.3 Å². The van der Waals surface area contributed by atoms with Gasteiger partial charge in [-0.25, -0.2) is 18.1 Å². The van der Waals surface area contributed by atoms with E-state index in [9.17, 15) is 13.2 Å². The van der Waals surface area contributed by atoms with Crippen LogP contribution in [-0.2, 0) is 29.5 Å². The van der Waals surface area contributed by atoms with Gasteiger partial charge in [0.25, 0.3) is 5.91 Å². The summed E-state index contributed by atoms with van der Waals surface area (Å²) in [6.45, 7) is 3.70. The fourth-order valence-corrected chi connectivity index (χ4v) is 6.24. The van der Waals surface area contributed by atoms with E-state index < -0.39 is 15.9 Å². The van der Waals surface area contributed by atoms with Crippen LogP contribution in [0.2, 0.25) is 0 Å². The molecule has 2 heterocycles. The zero-order valence-corrected chi connectivity index (χ0v) is 27.3. The van der Waals surface area contributed by atoms with E-state index in [0.29, 0.717) is 13.0 Å². The third kappa shape index (κ3) is 7.73. The monoisotopic (exact) mass is 650 g/mol. The number of hydrogen-bond acceptors (Lipinski definition) is 7. The number of carbonyl (C=O) groups is 1. The lowest BCUT2D eigenvalue weighted by atomic mass is 9.98. The Kier molecular flexibility index (Phi) is 9.70. The first-order valence-corrected chi connectivity index (χ1v) is 17.6. The van der Waals surface area contributed by atoms with Gasteiger partial charge in [0.2, 0.25) is 16.8 Å². The average Bonchev–Trinajstić information content (AvgIpc) is 3.70. The van der Waals surface area contributed by atoms with Crippen LogP contribution in [0.3, 0.4) is 0 Å². The van der Waals surface area contributed by atoms with Crippen molar-refractivity contribution < 1.29 is 22.7 Å². The molecule has 242 valence electrons. The quantitative estimate of drug-likeness (QED) is 0.150. The summed E-state index contributed by atoms with van der Waals surface area (Å²) < 4.78 is 38.8. The number of sulfonamides is 1. The van der Waals surface area contributed by atoms with Crippen LogP contribution < -0.4 is 19.5 Å². The Morgan fingerprint density at radius 1 is 0.872 bits per heavy atom. The molecule has 0 saturated carbocycles. The maximum Gasteiger partial charge on any atom is 0.264 e. The van der Waals surface area contributed by atoms with Gasteiger partial charge >= 0.3 is 0 Å². The number of carbonyl (C=O) groups excluding carboxylic acids is 1. The minimum atomic E-state index is -3.66. The Balaban J connectivity index is 1.42. The molecule has 10 heteroatoms. The van der Waals surface area contributed by atoms with Crippen LogP contribution in [0.5, 0.6) is 11.5 Å². The largest absolute Gasteiger partial charge is 0.454 e. The van der Waals surface area contributed by atoms with E-state index in [2.05, 4.69) is 47.1 Å². The normalized spacial score (nSPS) is 13.0. The van der Waals surface area contributed by atoms with Crippen LogP contribution in [0.1, 0.15) is 53.0 Å². The molecule has 1 amide bonds. The van der Waals surface area contributed by atoms with Crippen LogP contribution in [0.4, 0.5) is 0 Å². The summed E-state index contributed by atoms with van der Waals surface area (Å²) in [5.74, 6) is 1.74.